The number of nitrogens with zero attached hydrogens (tertiary/aromatic N) is 5. The molecule has 0 radical (unpaired) electrons. The van der Waals surface area contributed by atoms with Gasteiger partial charge in [0.1, 0.15) is 11.3 Å². The largest absolute Gasteiger partial charge is 0.368 e. The lowest BCUT2D eigenvalue weighted by molar-refractivity contribution is -0.0839. The summed E-state index contributed by atoms with van der Waals surface area (Å²) in [5.41, 5.74) is 1.33. The Balaban J connectivity index is 1.42. The van der Waals surface area contributed by atoms with Crippen LogP contribution in [0, 0.1) is 0 Å². The first-order valence-electron chi connectivity index (χ1n) is 9.69. The van der Waals surface area contributed by atoms with E-state index < -0.39 is 5.60 Å². The number of hydrogen-bond acceptors (Lipinski definition) is 8. The monoisotopic (exact) mass is 399 g/mol. The minimum absolute atomic E-state index is 0.500. The fourth-order valence-electron chi connectivity index (χ4n) is 3.56. The summed E-state index contributed by atoms with van der Waals surface area (Å²) < 4.78 is 11.5. The summed E-state index contributed by atoms with van der Waals surface area (Å²) in [5.74, 6) is 1.04. The van der Waals surface area contributed by atoms with E-state index in [0.29, 0.717) is 17.4 Å². The SMILES string of the molecule is CCCc1nc(CN2CCC(OC)(c3nc(-c4ccccn4)no3)CC2)cs1. The molecule has 3 aromatic heterocycles. The molecule has 1 saturated heterocycles. The zero-order valence-corrected chi connectivity index (χ0v) is 17.1. The second-order valence-corrected chi connectivity index (χ2v) is 8.04. The summed E-state index contributed by atoms with van der Waals surface area (Å²) in [6, 6.07) is 5.65. The third-order valence-electron chi connectivity index (χ3n) is 5.21. The Kier molecular flexibility index (Phi) is 5.79. The van der Waals surface area contributed by atoms with Crippen LogP contribution in [0.4, 0.5) is 0 Å². The van der Waals surface area contributed by atoms with E-state index in [1.54, 1.807) is 24.6 Å². The van der Waals surface area contributed by atoms with E-state index >= 15 is 0 Å². The van der Waals surface area contributed by atoms with Gasteiger partial charge in [-0.1, -0.05) is 18.1 Å². The van der Waals surface area contributed by atoms with Gasteiger partial charge in [0.2, 0.25) is 5.82 Å². The van der Waals surface area contributed by atoms with Gasteiger partial charge in [-0.25, -0.2) is 4.98 Å². The van der Waals surface area contributed by atoms with Crippen molar-refractivity contribution in [2.24, 2.45) is 0 Å². The third-order valence-corrected chi connectivity index (χ3v) is 6.17. The maximum absolute atomic E-state index is 5.89. The summed E-state index contributed by atoms with van der Waals surface area (Å²) in [4.78, 5) is 16.0. The summed E-state index contributed by atoms with van der Waals surface area (Å²) in [6.07, 6.45) is 5.53. The van der Waals surface area contributed by atoms with Gasteiger partial charge in [-0.15, -0.1) is 11.3 Å². The van der Waals surface area contributed by atoms with Crippen molar-refractivity contribution in [2.45, 2.75) is 44.8 Å². The molecule has 0 atom stereocenters. The van der Waals surface area contributed by atoms with E-state index in [1.807, 2.05) is 18.2 Å². The summed E-state index contributed by atoms with van der Waals surface area (Å²) in [7, 11) is 1.72. The Labute approximate surface area is 168 Å². The van der Waals surface area contributed by atoms with E-state index in [1.165, 1.54) is 5.01 Å². The number of aryl methyl sites for hydroxylation is 1. The second-order valence-electron chi connectivity index (χ2n) is 7.10. The summed E-state index contributed by atoms with van der Waals surface area (Å²) in [6.45, 7) is 4.86. The Morgan fingerprint density at radius 2 is 2.11 bits per heavy atom. The highest BCUT2D eigenvalue weighted by Crippen LogP contribution is 2.36. The molecule has 148 valence electrons. The highest BCUT2D eigenvalue weighted by Gasteiger charge is 2.41. The maximum atomic E-state index is 5.89. The molecular weight excluding hydrogens is 374 g/mol. The molecule has 4 heterocycles. The second kappa shape index (κ2) is 8.46. The standard InChI is InChI=1S/C20H25N5O2S/c1-3-6-17-22-15(14-28-17)13-25-11-8-20(26-2,9-12-25)19-23-18(24-27-19)16-7-4-5-10-21-16/h4-5,7,10,14H,3,6,8-9,11-13H2,1-2H3. The summed E-state index contributed by atoms with van der Waals surface area (Å²) in [5, 5.41) is 7.52. The average molecular weight is 400 g/mol. The van der Waals surface area contributed by atoms with Gasteiger partial charge in [0.25, 0.3) is 5.89 Å². The van der Waals surface area contributed by atoms with Crippen LogP contribution in [0.25, 0.3) is 11.5 Å². The normalized spacial score (nSPS) is 17.1. The highest BCUT2D eigenvalue weighted by molar-refractivity contribution is 7.09. The maximum Gasteiger partial charge on any atom is 0.259 e. The molecule has 1 aliphatic rings. The molecular formula is C20H25N5O2S. The van der Waals surface area contributed by atoms with Crippen molar-refractivity contribution >= 4 is 11.3 Å². The Morgan fingerprint density at radius 3 is 2.82 bits per heavy atom. The van der Waals surface area contributed by atoms with Crippen molar-refractivity contribution in [3.63, 3.8) is 0 Å². The van der Waals surface area contributed by atoms with E-state index in [0.717, 1.165) is 51.0 Å². The fraction of sp³-hybridized carbons (Fsp3) is 0.500. The molecule has 1 aliphatic heterocycles. The third kappa shape index (κ3) is 3.99. The lowest BCUT2D eigenvalue weighted by Gasteiger charge is -2.38. The van der Waals surface area contributed by atoms with E-state index in [4.69, 9.17) is 14.2 Å². The number of ether oxygens (including phenoxy) is 1. The topological polar surface area (TPSA) is 77.2 Å². The molecule has 0 aliphatic carbocycles. The number of aromatic nitrogens is 4. The van der Waals surface area contributed by atoms with Gasteiger partial charge in [0, 0.05) is 38.3 Å². The first-order chi connectivity index (χ1) is 13.7. The first kappa shape index (κ1) is 19.2. The van der Waals surface area contributed by atoms with Crippen LogP contribution in [0.2, 0.25) is 0 Å². The molecule has 1 fully saturated rings. The van der Waals surface area contributed by atoms with E-state index in [2.05, 4.69) is 32.3 Å². The van der Waals surface area contributed by atoms with E-state index in [9.17, 15) is 0 Å². The Morgan fingerprint density at radius 1 is 1.25 bits per heavy atom. The van der Waals surface area contributed by atoms with Gasteiger partial charge in [-0.2, -0.15) is 4.98 Å². The minimum atomic E-state index is -0.536. The zero-order chi connectivity index (χ0) is 19.4. The van der Waals surface area contributed by atoms with Crippen molar-refractivity contribution in [2.75, 3.05) is 20.2 Å². The van der Waals surface area contributed by atoms with Crippen molar-refractivity contribution in [1.82, 2.24) is 25.0 Å². The molecule has 0 amide bonds. The predicted molar refractivity (Wildman–Crippen MR) is 107 cm³/mol. The van der Waals surface area contributed by atoms with Gasteiger partial charge < -0.3 is 9.26 Å². The highest BCUT2D eigenvalue weighted by atomic mass is 32.1. The molecule has 0 saturated carbocycles. The number of piperidine rings is 1. The van der Waals surface area contributed by atoms with Crippen LogP contribution in [0.5, 0.6) is 0 Å². The van der Waals surface area contributed by atoms with Crippen LogP contribution >= 0.6 is 11.3 Å². The van der Waals surface area contributed by atoms with Crippen LogP contribution in [0.3, 0.4) is 0 Å². The van der Waals surface area contributed by atoms with Gasteiger partial charge in [0.15, 0.2) is 0 Å². The first-order valence-corrected chi connectivity index (χ1v) is 10.6. The van der Waals surface area contributed by atoms with Crippen molar-refractivity contribution in [1.29, 1.82) is 0 Å². The van der Waals surface area contributed by atoms with Crippen LogP contribution in [0.1, 0.15) is 42.8 Å². The molecule has 0 spiro atoms. The molecule has 7 nitrogen and oxygen atoms in total. The van der Waals surface area contributed by atoms with Crippen molar-refractivity contribution in [3.8, 4) is 11.5 Å². The minimum Gasteiger partial charge on any atom is -0.368 e. The van der Waals surface area contributed by atoms with Crippen LogP contribution in [-0.2, 0) is 23.3 Å². The average Bonchev–Trinajstić information content (AvgIpc) is 3.40. The molecule has 0 unspecified atom stereocenters. The molecule has 0 bridgehead atoms. The lowest BCUT2D eigenvalue weighted by Crippen LogP contribution is -2.43. The smallest absolute Gasteiger partial charge is 0.259 e. The van der Waals surface area contributed by atoms with Gasteiger partial charge in [-0.3, -0.25) is 9.88 Å². The summed E-state index contributed by atoms with van der Waals surface area (Å²) >= 11 is 1.76. The van der Waals surface area contributed by atoms with Crippen LogP contribution in [-0.4, -0.2) is 45.2 Å². The molecule has 4 rings (SSSR count). The number of pyridine rings is 1. The van der Waals surface area contributed by atoms with E-state index in [-0.39, 0.29) is 0 Å². The number of thiazole rings is 1. The molecule has 0 aromatic carbocycles. The Hall–Kier alpha value is -2.16. The quantitative estimate of drug-likeness (QED) is 0.600. The molecule has 0 N–H and O–H groups in total. The number of methoxy groups -OCH3 is 1. The van der Waals surface area contributed by atoms with Gasteiger partial charge in [0.05, 0.1) is 10.7 Å². The van der Waals surface area contributed by atoms with Gasteiger partial charge >= 0.3 is 0 Å². The number of hydrogen-bond donors (Lipinski definition) is 0. The van der Waals surface area contributed by atoms with Crippen LogP contribution < -0.4 is 0 Å². The molecule has 8 heteroatoms. The number of rotatable bonds is 7. The Bertz CT molecular complexity index is 887. The predicted octanol–water partition coefficient (Wildman–Crippen LogP) is 3.68. The fourth-order valence-corrected chi connectivity index (χ4v) is 4.46. The zero-order valence-electron chi connectivity index (χ0n) is 16.3. The molecule has 28 heavy (non-hydrogen) atoms. The molecule has 3 aromatic rings. The van der Waals surface area contributed by atoms with Crippen molar-refractivity contribution in [3.05, 3.63) is 46.4 Å². The van der Waals surface area contributed by atoms with Crippen molar-refractivity contribution < 1.29 is 9.26 Å². The number of likely N-dealkylation sites (tertiary alicyclic amines) is 1. The van der Waals surface area contributed by atoms with Crippen LogP contribution in [0.15, 0.2) is 34.3 Å². The van der Waals surface area contributed by atoms with Gasteiger partial charge in [-0.05, 0) is 37.8 Å². The lowest BCUT2D eigenvalue weighted by atomic mass is 9.91.